The van der Waals surface area contributed by atoms with Crippen molar-refractivity contribution in [3.8, 4) is 17.2 Å². The minimum Gasteiger partial charge on any atom is -0.482 e. The van der Waals surface area contributed by atoms with Gasteiger partial charge in [-0.05, 0) is 36.8 Å². The van der Waals surface area contributed by atoms with Crippen molar-refractivity contribution in [1.82, 2.24) is 4.98 Å². The predicted octanol–water partition coefficient (Wildman–Crippen LogP) is 4.30. The standard InChI is InChI=1S/C21H19NO4/c1-16-7-2-4-10-19(16)24-15-21(23)25-14-17-8-3-5-11-20(17)26-18-9-6-12-22-13-18/h2-13H,14-15H2,1H3. The van der Waals surface area contributed by atoms with Crippen molar-refractivity contribution >= 4 is 5.97 Å². The molecule has 26 heavy (non-hydrogen) atoms. The van der Waals surface area contributed by atoms with Gasteiger partial charge in [-0.15, -0.1) is 0 Å². The number of carbonyl (C=O) groups is 1. The maximum absolute atomic E-state index is 12.0. The van der Waals surface area contributed by atoms with Gasteiger partial charge >= 0.3 is 5.97 Å². The molecule has 5 nitrogen and oxygen atoms in total. The summed E-state index contributed by atoms with van der Waals surface area (Å²) in [5.74, 6) is 1.47. The first-order chi connectivity index (χ1) is 12.7. The zero-order chi connectivity index (χ0) is 18.2. The van der Waals surface area contributed by atoms with Gasteiger partial charge in [0, 0.05) is 11.8 Å². The first-order valence-electron chi connectivity index (χ1n) is 8.22. The fourth-order valence-corrected chi connectivity index (χ4v) is 2.31. The summed E-state index contributed by atoms with van der Waals surface area (Å²) in [6, 6.07) is 18.5. The van der Waals surface area contributed by atoms with Crippen molar-refractivity contribution in [1.29, 1.82) is 0 Å². The molecule has 0 spiro atoms. The Morgan fingerprint density at radius 3 is 2.50 bits per heavy atom. The van der Waals surface area contributed by atoms with Crippen molar-refractivity contribution in [2.75, 3.05) is 6.61 Å². The van der Waals surface area contributed by atoms with Crippen molar-refractivity contribution in [3.05, 3.63) is 84.2 Å². The van der Waals surface area contributed by atoms with Gasteiger partial charge in [-0.25, -0.2) is 4.79 Å². The lowest BCUT2D eigenvalue weighted by Crippen LogP contribution is -2.15. The van der Waals surface area contributed by atoms with Gasteiger partial charge in [0.15, 0.2) is 6.61 Å². The van der Waals surface area contributed by atoms with Crippen LogP contribution in [-0.2, 0) is 16.1 Å². The molecule has 0 atom stereocenters. The fraction of sp³-hybridized carbons (Fsp3) is 0.143. The van der Waals surface area contributed by atoms with Crippen LogP contribution in [0.2, 0.25) is 0 Å². The lowest BCUT2D eigenvalue weighted by molar-refractivity contribution is -0.147. The number of benzene rings is 2. The average molecular weight is 349 g/mol. The van der Waals surface area contributed by atoms with Crippen LogP contribution in [0.3, 0.4) is 0 Å². The van der Waals surface area contributed by atoms with Crippen LogP contribution in [0.25, 0.3) is 0 Å². The van der Waals surface area contributed by atoms with Crippen LogP contribution < -0.4 is 9.47 Å². The summed E-state index contributed by atoms with van der Waals surface area (Å²) < 4.78 is 16.6. The summed E-state index contributed by atoms with van der Waals surface area (Å²) in [6.07, 6.45) is 3.30. The zero-order valence-electron chi connectivity index (χ0n) is 14.4. The molecule has 0 saturated carbocycles. The molecular weight excluding hydrogens is 330 g/mol. The molecule has 132 valence electrons. The molecule has 0 radical (unpaired) electrons. The van der Waals surface area contributed by atoms with Gasteiger partial charge in [0.1, 0.15) is 23.9 Å². The van der Waals surface area contributed by atoms with Gasteiger partial charge in [-0.2, -0.15) is 0 Å². The summed E-state index contributed by atoms with van der Waals surface area (Å²) in [5.41, 5.74) is 1.73. The van der Waals surface area contributed by atoms with Crippen LogP contribution in [0.5, 0.6) is 17.2 Å². The van der Waals surface area contributed by atoms with Gasteiger partial charge in [0.05, 0.1) is 6.20 Å². The number of rotatable bonds is 7. The molecule has 3 rings (SSSR count). The largest absolute Gasteiger partial charge is 0.482 e. The van der Waals surface area contributed by atoms with Crippen LogP contribution in [0.4, 0.5) is 0 Å². The maximum Gasteiger partial charge on any atom is 0.344 e. The van der Waals surface area contributed by atoms with E-state index in [1.807, 2.05) is 61.5 Å². The Hall–Kier alpha value is -3.34. The number of hydrogen-bond acceptors (Lipinski definition) is 5. The molecule has 1 heterocycles. The van der Waals surface area contributed by atoms with Crippen molar-refractivity contribution < 1.29 is 19.0 Å². The molecular formula is C21H19NO4. The van der Waals surface area contributed by atoms with E-state index in [-0.39, 0.29) is 13.2 Å². The van der Waals surface area contributed by atoms with E-state index in [0.29, 0.717) is 17.2 Å². The lowest BCUT2D eigenvalue weighted by Gasteiger charge is -2.12. The SMILES string of the molecule is Cc1ccccc1OCC(=O)OCc1ccccc1Oc1cccnc1. The van der Waals surface area contributed by atoms with Crippen LogP contribution in [0.15, 0.2) is 73.1 Å². The van der Waals surface area contributed by atoms with E-state index in [2.05, 4.69) is 4.98 Å². The molecule has 1 aromatic heterocycles. The number of nitrogens with zero attached hydrogens (tertiary/aromatic N) is 1. The Balaban J connectivity index is 1.56. The summed E-state index contributed by atoms with van der Waals surface area (Å²) in [7, 11) is 0. The second-order valence-electron chi connectivity index (χ2n) is 5.61. The third-order valence-corrected chi connectivity index (χ3v) is 3.66. The summed E-state index contributed by atoms with van der Waals surface area (Å²) in [5, 5.41) is 0. The summed E-state index contributed by atoms with van der Waals surface area (Å²) in [4.78, 5) is 16.0. The minimum atomic E-state index is -0.440. The van der Waals surface area contributed by atoms with E-state index in [4.69, 9.17) is 14.2 Å². The number of hydrogen-bond donors (Lipinski definition) is 0. The Labute approximate surface area is 152 Å². The predicted molar refractivity (Wildman–Crippen MR) is 97.2 cm³/mol. The third kappa shape index (κ3) is 4.83. The topological polar surface area (TPSA) is 57.7 Å². The number of para-hydroxylation sites is 2. The van der Waals surface area contributed by atoms with Crippen molar-refractivity contribution in [2.45, 2.75) is 13.5 Å². The van der Waals surface area contributed by atoms with Crippen molar-refractivity contribution in [3.63, 3.8) is 0 Å². The monoisotopic (exact) mass is 349 g/mol. The quantitative estimate of drug-likeness (QED) is 0.595. The average Bonchev–Trinajstić information content (AvgIpc) is 2.67. The molecule has 0 amide bonds. The minimum absolute atomic E-state index is 0.104. The lowest BCUT2D eigenvalue weighted by atomic mass is 10.2. The first-order valence-corrected chi connectivity index (χ1v) is 8.22. The Morgan fingerprint density at radius 2 is 1.73 bits per heavy atom. The highest BCUT2D eigenvalue weighted by Crippen LogP contribution is 2.25. The highest BCUT2D eigenvalue weighted by atomic mass is 16.6. The van der Waals surface area contributed by atoms with Gasteiger partial charge in [-0.1, -0.05) is 36.4 Å². The Bertz CT molecular complexity index is 865. The Morgan fingerprint density at radius 1 is 0.962 bits per heavy atom. The second-order valence-corrected chi connectivity index (χ2v) is 5.61. The van der Waals surface area contributed by atoms with Gasteiger partial charge in [-0.3, -0.25) is 4.98 Å². The van der Waals surface area contributed by atoms with Crippen molar-refractivity contribution in [2.24, 2.45) is 0 Å². The van der Waals surface area contributed by atoms with E-state index in [1.54, 1.807) is 18.5 Å². The molecule has 0 fully saturated rings. The molecule has 0 aliphatic heterocycles. The number of esters is 1. The molecule has 0 N–H and O–H groups in total. The van der Waals surface area contributed by atoms with E-state index < -0.39 is 5.97 Å². The van der Waals surface area contributed by atoms with Crippen LogP contribution in [-0.4, -0.2) is 17.6 Å². The number of aryl methyl sites for hydroxylation is 1. The van der Waals surface area contributed by atoms with E-state index in [1.165, 1.54) is 0 Å². The summed E-state index contributed by atoms with van der Waals surface area (Å²) in [6.45, 7) is 1.88. The molecule has 0 unspecified atom stereocenters. The van der Waals surface area contributed by atoms with Gasteiger partial charge < -0.3 is 14.2 Å². The third-order valence-electron chi connectivity index (χ3n) is 3.66. The molecule has 0 saturated heterocycles. The number of ether oxygens (including phenoxy) is 3. The second kappa shape index (κ2) is 8.67. The molecule has 2 aromatic carbocycles. The van der Waals surface area contributed by atoms with E-state index >= 15 is 0 Å². The normalized spacial score (nSPS) is 10.2. The van der Waals surface area contributed by atoms with Gasteiger partial charge in [0.2, 0.25) is 0 Å². The molecule has 5 heteroatoms. The van der Waals surface area contributed by atoms with Crippen LogP contribution >= 0.6 is 0 Å². The first kappa shape index (κ1) is 17.5. The molecule has 0 aliphatic rings. The number of aromatic nitrogens is 1. The van der Waals surface area contributed by atoms with E-state index in [9.17, 15) is 4.79 Å². The fourth-order valence-electron chi connectivity index (χ4n) is 2.31. The molecule has 0 bridgehead atoms. The highest BCUT2D eigenvalue weighted by Gasteiger charge is 2.10. The van der Waals surface area contributed by atoms with E-state index in [0.717, 1.165) is 11.1 Å². The summed E-state index contributed by atoms with van der Waals surface area (Å²) >= 11 is 0. The molecule has 3 aromatic rings. The Kier molecular flexibility index (Phi) is 5.83. The van der Waals surface area contributed by atoms with Gasteiger partial charge in [0.25, 0.3) is 0 Å². The number of carbonyl (C=O) groups excluding carboxylic acids is 1. The van der Waals surface area contributed by atoms with Crippen LogP contribution in [0, 0.1) is 6.92 Å². The number of pyridine rings is 1. The maximum atomic E-state index is 12.0. The smallest absolute Gasteiger partial charge is 0.344 e. The van der Waals surface area contributed by atoms with Crippen LogP contribution in [0.1, 0.15) is 11.1 Å². The zero-order valence-corrected chi connectivity index (χ0v) is 14.4. The highest BCUT2D eigenvalue weighted by molar-refractivity contribution is 5.71. The molecule has 0 aliphatic carbocycles.